The Morgan fingerprint density at radius 3 is 2.79 bits per heavy atom. The van der Waals surface area contributed by atoms with E-state index in [0.29, 0.717) is 22.1 Å². The Balaban J connectivity index is 2.18. The summed E-state index contributed by atoms with van der Waals surface area (Å²) in [7, 11) is 3.68. The lowest BCUT2D eigenvalue weighted by atomic mass is 10.1. The van der Waals surface area contributed by atoms with Gasteiger partial charge in [0.05, 0.1) is 18.7 Å². The Bertz CT molecular complexity index is 746. The Morgan fingerprint density at radius 2 is 2.25 bits per heavy atom. The monoisotopic (exact) mass is 364 g/mol. The number of rotatable bonds is 6. The minimum atomic E-state index is -0.498. The second kappa shape index (κ2) is 8.34. The van der Waals surface area contributed by atoms with Crippen LogP contribution in [0.15, 0.2) is 28.6 Å². The van der Waals surface area contributed by atoms with Crippen LogP contribution >= 0.6 is 22.9 Å². The third-order valence-electron chi connectivity index (χ3n) is 3.53. The summed E-state index contributed by atoms with van der Waals surface area (Å²) in [5.74, 6) is -0.855. The number of halogens is 2. The highest BCUT2D eigenvalue weighted by atomic mass is 35.5. The molecule has 1 aromatic carbocycles. The first-order valence-electron chi connectivity index (χ1n) is 7.36. The van der Waals surface area contributed by atoms with Gasteiger partial charge in [0, 0.05) is 27.9 Å². The van der Waals surface area contributed by atoms with Crippen molar-refractivity contribution < 1.29 is 4.39 Å². The lowest BCUT2D eigenvalue weighted by Gasteiger charge is -2.24. The Kier molecular flexibility index (Phi) is 6.44. The number of hydrogen-bond acceptors (Lipinski definition) is 5. The van der Waals surface area contributed by atoms with Crippen molar-refractivity contribution in [3.05, 3.63) is 50.7 Å². The average molecular weight is 365 g/mol. The molecule has 24 heavy (non-hydrogen) atoms. The molecule has 2 aromatic rings. The van der Waals surface area contributed by atoms with E-state index in [0.717, 1.165) is 5.69 Å². The summed E-state index contributed by atoms with van der Waals surface area (Å²) in [6.45, 7) is 2.18. The molecule has 0 aliphatic rings. The molecule has 2 atom stereocenters. The topological polar surface area (TPSA) is 52.3 Å². The van der Waals surface area contributed by atoms with Crippen molar-refractivity contribution in [3.8, 4) is 6.07 Å². The molecule has 0 unspecified atom stereocenters. The normalized spacial score (nSPS) is 14.0. The second-order valence-corrected chi connectivity index (χ2v) is 6.86. The van der Waals surface area contributed by atoms with Crippen molar-refractivity contribution in [2.24, 2.45) is 4.99 Å². The fourth-order valence-corrected chi connectivity index (χ4v) is 3.37. The number of nitriles is 1. The zero-order valence-corrected chi connectivity index (χ0v) is 15.3. The van der Waals surface area contributed by atoms with E-state index in [1.165, 1.54) is 17.4 Å². The summed E-state index contributed by atoms with van der Waals surface area (Å²) in [6, 6.07) is 6.50. The smallest absolute Gasteiger partial charge is 0.133 e. The van der Waals surface area contributed by atoms with Gasteiger partial charge in [-0.2, -0.15) is 5.26 Å². The van der Waals surface area contributed by atoms with E-state index in [1.807, 2.05) is 31.3 Å². The van der Waals surface area contributed by atoms with Crippen molar-refractivity contribution in [1.29, 1.82) is 5.26 Å². The highest BCUT2D eigenvalue weighted by Gasteiger charge is 2.21. The number of aliphatic imine (C=N–C) groups is 1. The molecule has 0 spiro atoms. The van der Waals surface area contributed by atoms with Crippen molar-refractivity contribution in [2.45, 2.75) is 18.9 Å². The van der Waals surface area contributed by atoms with Gasteiger partial charge < -0.3 is 4.90 Å². The van der Waals surface area contributed by atoms with Gasteiger partial charge in [-0.15, -0.1) is 11.3 Å². The number of hydrogen-bond donors (Lipinski definition) is 0. The molecule has 0 aliphatic heterocycles. The average Bonchev–Trinajstić information content (AvgIpc) is 2.95. The molecule has 0 N–H and O–H groups in total. The fraction of sp³-hybridized carbons (Fsp3) is 0.353. The van der Waals surface area contributed by atoms with Crippen molar-refractivity contribution in [3.63, 3.8) is 0 Å². The van der Waals surface area contributed by atoms with Gasteiger partial charge in [0.25, 0.3) is 0 Å². The number of aryl methyl sites for hydroxylation is 1. The lowest BCUT2D eigenvalue weighted by Crippen LogP contribution is -2.24. The molecular formula is C17H18ClFN4S. The first kappa shape index (κ1) is 18.5. The van der Waals surface area contributed by atoms with E-state index in [9.17, 15) is 9.65 Å². The molecule has 0 amide bonds. The molecule has 0 saturated carbocycles. The second-order valence-electron chi connectivity index (χ2n) is 5.56. The van der Waals surface area contributed by atoms with Gasteiger partial charge in [-0.1, -0.05) is 17.7 Å². The van der Waals surface area contributed by atoms with Crippen LogP contribution in [0.4, 0.5) is 4.39 Å². The summed E-state index contributed by atoms with van der Waals surface area (Å²) in [6.07, 6.45) is 1.57. The lowest BCUT2D eigenvalue weighted by molar-refractivity contribution is 0.299. The van der Waals surface area contributed by atoms with Crippen LogP contribution in [-0.2, 0) is 0 Å². The molecule has 126 valence electrons. The van der Waals surface area contributed by atoms with Crippen LogP contribution in [0.5, 0.6) is 0 Å². The van der Waals surface area contributed by atoms with Crippen LogP contribution in [0, 0.1) is 24.1 Å². The van der Waals surface area contributed by atoms with Gasteiger partial charge in [-0.3, -0.25) is 4.99 Å². The van der Waals surface area contributed by atoms with Crippen molar-refractivity contribution in [1.82, 2.24) is 9.88 Å². The number of nitrogens with zero attached hydrogens (tertiary/aromatic N) is 4. The molecule has 0 aliphatic carbocycles. The van der Waals surface area contributed by atoms with Gasteiger partial charge in [0.15, 0.2) is 0 Å². The summed E-state index contributed by atoms with van der Waals surface area (Å²) in [5, 5.41) is 12.3. The summed E-state index contributed by atoms with van der Waals surface area (Å²) < 4.78 is 14.2. The van der Waals surface area contributed by atoms with Gasteiger partial charge in [0.1, 0.15) is 16.7 Å². The van der Waals surface area contributed by atoms with Crippen LogP contribution in [0.2, 0.25) is 5.02 Å². The van der Waals surface area contributed by atoms with Crippen LogP contribution < -0.4 is 0 Å². The maximum atomic E-state index is 14.2. The predicted octanol–water partition coefficient (Wildman–Crippen LogP) is 4.22. The largest absolute Gasteiger partial charge is 0.301 e. The molecule has 4 nitrogen and oxygen atoms in total. The van der Waals surface area contributed by atoms with Crippen molar-refractivity contribution >= 4 is 29.2 Å². The number of benzene rings is 1. The number of aromatic nitrogens is 1. The van der Waals surface area contributed by atoms with Crippen LogP contribution in [0.3, 0.4) is 0 Å². The molecule has 0 radical (unpaired) electrons. The molecular weight excluding hydrogens is 347 g/mol. The first-order chi connectivity index (χ1) is 11.4. The van der Waals surface area contributed by atoms with Crippen LogP contribution in [0.25, 0.3) is 0 Å². The van der Waals surface area contributed by atoms with Crippen LogP contribution in [0.1, 0.15) is 28.2 Å². The maximum Gasteiger partial charge on any atom is 0.133 e. The highest BCUT2D eigenvalue weighted by Crippen LogP contribution is 2.29. The quantitative estimate of drug-likeness (QED) is 0.721. The SMILES string of the molecule is Cc1csc([C@@H](C#N)C=NC[C@@H](c2c(F)cccc2Cl)N(C)C)n1. The molecule has 7 heteroatoms. The summed E-state index contributed by atoms with van der Waals surface area (Å²) in [5.41, 5.74) is 1.30. The fourth-order valence-electron chi connectivity index (χ4n) is 2.28. The van der Waals surface area contributed by atoms with Crippen molar-refractivity contribution in [2.75, 3.05) is 20.6 Å². The third-order valence-corrected chi connectivity index (χ3v) is 4.91. The van der Waals surface area contributed by atoms with Gasteiger partial charge in [0.2, 0.25) is 0 Å². The van der Waals surface area contributed by atoms with Gasteiger partial charge >= 0.3 is 0 Å². The van der Waals surface area contributed by atoms with Gasteiger partial charge in [-0.25, -0.2) is 9.37 Å². The van der Waals surface area contributed by atoms with E-state index >= 15 is 0 Å². The minimum absolute atomic E-state index is 0.302. The predicted molar refractivity (Wildman–Crippen MR) is 96.4 cm³/mol. The van der Waals surface area contributed by atoms with E-state index in [2.05, 4.69) is 16.0 Å². The molecule has 1 aromatic heterocycles. The molecule has 0 bridgehead atoms. The zero-order chi connectivity index (χ0) is 17.7. The van der Waals surface area contributed by atoms with E-state index < -0.39 is 5.92 Å². The Morgan fingerprint density at radius 1 is 1.50 bits per heavy atom. The highest BCUT2D eigenvalue weighted by molar-refractivity contribution is 7.09. The first-order valence-corrected chi connectivity index (χ1v) is 8.61. The molecule has 0 fully saturated rings. The van der Waals surface area contributed by atoms with Gasteiger partial charge in [-0.05, 0) is 33.2 Å². The Hall–Kier alpha value is -1.81. The molecule has 1 heterocycles. The minimum Gasteiger partial charge on any atom is -0.301 e. The zero-order valence-electron chi connectivity index (χ0n) is 13.7. The summed E-state index contributed by atoms with van der Waals surface area (Å²) >= 11 is 7.59. The summed E-state index contributed by atoms with van der Waals surface area (Å²) in [4.78, 5) is 10.5. The third kappa shape index (κ3) is 4.38. The Labute approximate surface area is 150 Å². The number of likely N-dealkylation sites (N-methyl/N-ethyl adjacent to an activating group) is 1. The van der Waals surface area contributed by atoms with E-state index in [4.69, 9.17) is 11.6 Å². The van der Waals surface area contributed by atoms with E-state index in [1.54, 1.807) is 18.3 Å². The molecule has 2 rings (SSSR count). The maximum absolute atomic E-state index is 14.2. The number of thiazole rings is 1. The standard InChI is InChI=1S/C17H18ClFN4S/c1-11-10-24-17(22-11)12(7-20)8-21-9-15(23(2)3)16-13(18)5-4-6-14(16)19/h4-6,8,10,12,15H,9H2,1-3H3/t12-,15-/m0/s1. The van der Waals surface area contributed by atoms with Crippen LogP contribution in [-0.4, -0.2) is 36.7 Å². The van der Waals surface area contributed by atoms with E-state index in [-0.39, 0.29) is 11.9 Å². The molecule has 0 saturated heterocycles.